The fraction of sp³-hybridized carbons (Fsp3) is 0.480. The number of carbonyl (C=O) groups is 3. The van der Waals surface area contributed by atoms with Crippen LogP contribution in [0.25, 0.3) is 0 Å². The molecule has 0 spiro atoms. The molecule has 1 atom stereocenters. The van der Waals surface area contributed by atoms with E-state index in [-0.39, 0.29) is 30.2 Å². The number of benzene rings is 1. The highest BCUT2D eigenvalue weighted by molar-refractivity contribution is 5.95. The van der Waals surface area contributed by atoms with Crippen molar-refractivity contribution < 1.29 is 14.4 Å². The number of rotatable bonds is 7. The van der Waals surface area contributed by atoms with Crippen LogP contribution in [0.5, 0.6) is 0 Å². The Balaban J connectivity index is 1.47. The third-order valence-corrected chi connectivity index (χ3v) is 6.44. The lowest BCUT2D eigenvalue weighted by Gasteiger charge is -2.30. The van der Waals surface area contributed by atoms with Crippen molar-refractivity contribution >= 4 is 23.5 Å². The van der Waals surface area contributed by atoms with Crippen molar-refractivity contribution in [3.8, 4) is 0 Å². The summed E-state index contributed by atoms with van der Waals surface area (Å²) in [4.78, 5) is 49.5. The van der Waals surface area contributed by atoms with Gasteiger partial charge in [-0.15, -0.1) is 0 Å². The van der Waals surface area contributed by atoms with E-state index in [4.69, 9.17) is 9.97 Å². The van der Waals surface area contributed by atoms with Crippen LogP contribution >= 0.6 is 0 Å². The molecule has 2 aliphatic rings. The van der Waals surface area contributed by atoms with Gasteiger partial charge in [0.2, 0.25) is 17.7 Å². The molecule has 1 aromatic heterocycles. The molecular weight excluding hydrogens is 418 g/mol. The van der Waals surface area contributed by atoms with E-state index in [9.17, 15) is 14.4 Å². The molecule has 1 saturated heterocycles. The van der Waals surface area contributed by atoms with Crippen LogP contribution < -0.4 is 10.2 Å². The molecule has 3 amide bonds. The highest BCUT2D eigenvalue weighted by Gasteiger charge is 2.33. The number of amides is 3. The molecule has 3 heterocycles. The number of anilines is 1. The van der Waals surface area contributed by atoms with Crippen LogP contribution in [0.15, 0.2) is 30.3 Å². The van der Waals surface area contributed by atoms with Crippen molar-refractivity contribution in [2.45, 2.75) is 51.9 Å². The first-order valence-electron chi connectivity index (χ1n) is 11.7. The molecule has 0 aliphatic carbocycles. The number of nitrogens with zero attached hydrogens (tertiary/aromatic N) is 4. The van der Waals surface area contributed by atoms with Gasteiger partial charge in [-0.2, -0.15) is 0 Å². The summed E-state index contributed by atoms with van der Waals surface area (Å²) in [5, 5.41) is 2.56. The van der Waals surface area contributed by atoms with Gasteiger partial charge in [0.15, 0.2) is 0 Å². The molecule has 0 radical (unpaired) electrons. The van der Waals surface area contributed by atoms with Gasteiger partial charge in [0.25, 0.3) is 0 Å². The maximum absolute atomic E-state index is 12.8. The van der Waals surface area contributed by atoms with Gasteiger partial charge in [-0.05, 0) is 38.2 Å². The Hall–Kier alpha value is -3.29. The summed E-state index contributed by atoms with van der Waals surface area (Å²) in [6.07, 6.45) is 3.69. The third-order valence-electron chi connectivity index (χ3n) is 6.44. The summed E-state index contributed by atoms with van der Waals surface area (Å²) in [5.41, 5.74) is 3.23. The average Bonchev–Trinajstić information content (AvgIpc) is 3.30. The number of hydrogen-bond donors (Lipinski definition) is 1. The van der Waals surface area contributed by atoms with Crippen molar-refractivity contribution in [1.29, 1.82) is 0 Å². The van der Waals surface area contributed by atoms with Gasteiger partial charge < -0.3 is 10.2 Å². The summed E-state index contributed by atoms with van der Waals surface area (Å²) in [5.74, 6) is 1.26. The monoisotopic (exact) mass is 449 g/mol. The molecule has 8 heteroatoms. The molecule has 2 aliphatic heterocycles. The van der Waals surface area contributed by atoms with E-state index in [0.29, 0.717) is 38.3 Å². The highest BCUT2D eigenvalue weighted by atomic mass is 16.2. The smallest absolute Gasteiger partial charge is 0.241 e. The minimum absolute atomic E-state index is 0.00974. The lowest BCUT2D eigenvalue weighted by atomic mass is 10.0. The molecule has 2 aromatic rings. The van der Waals surface area contributed by atoms with Crippen molar-refractivity contribution in [2.24, 2.45) is 0 Å². The highest BCUT2D eigenvalue weighted by Crippen LogP contribution is 2.32. The van der Waals surface area contributed by atoms with Gasteiger partial charge in [-0.3, -0.25) is 19.3 Å². The van der Waals surface area contributed by atoms with Crippen LogP contribution in [0.2, 0.25) is 0 Å². The predicted molar refractivity (Wildman–Crippen MR) is 125 cm³/mol. The maximum atomic E-state index is 12.8. The number of likely N-dealkylation sites (tertiary alicyclic amines) is 1. The van der Waals surface area contributed by atoms with E-state index in [2.05, 4.69) is 17.4 Å². The molecule has 8 nitrogen and oxygen atoms in total. The molecule has 0 bridgehead atoms. The van der Waals surface area contributed by atoms with Crippen LogP contribution in [0.1, 0.15) is 54.7 Å². The average molecular weight is 450 g/mol. The van der Waals surface area contributed by atoms with Crippen molar-refractivity contribution in [3.05, 3.63) is 53.0 Å². The zero-order chi connectivity index (χ0) is 23.4. The zero-order valence-electron chi connectivity index (χ0n) is 19.3. The fourth-order valence-electron chi connectivity index (χ4n) is 4.61. The Kier molecular flexibility index (Phi) is 7.01. The van der Waals surface area contributed by atoms with Gasteiger partial charge in [0.05, 0.1) is 6.54 Å². The van der Waals surface area contributed by atoms with Gasteiger partial charge in [0.1, 0.15) is 11.6 Å². The number of hydrogen-bond acceptors (Lipinski definition) is 5. The number of fused-ring (bicyclic) bond motifs is 1. The van der Waals surface area contributed by atoms with E-state index < -0.39 is 0 Å². The Morgan fingerprint density at radius 3 is 2.70 bits per heavy atom. The van der Waals surface area contributed by atoms with Gasteiger partial charge in [-0.1, -0.05) is 30.3 Å². The van der Waals surface area contributed by atoms with Crippen LogP contribution in [0, 0.1) is 6.92 Å². The molecule has 0 unspecified atom stereocenters. The second-order valence-electron chi connectivity index (χ2n) is 8.84. The minimum Gasteiger partial charge on any atom is -0.347 e. The molecule has 0 saturated carbocycles. The number of carbonyl (C=O) groups excluding carboxylic acids is 3. The number of nitrogens with one attached hydrogen (secondary N) is 1. The van der Waals surface area contributed by atoms with Crippen LogP contribution in [-0.2, 0) is 27.2 Å². The van der Waals surface area contributed by atoms with E-state index in [1.54, 1.807) is 4.90 Å². The summed E-state index contributed by atoms with van der Waals surface area (Å²) < 4.78 is 0. The lowest BCUT2D eigenvalue weighted by molar-refractivity contribution is -0.131. The first kappa shape index (κ1) is 22.9. The summed E-state index contributed by atoms with van der Waals surface area (Å²) >= 11 is 0. The van der Waals surface area contributed by atoms with Crippen molar-refractivity contribution in [1.82, 2.24) is 20.2 Å². The second-order valence-corrected chi connectivity index (χ2v) is 8.84. The summed E-state index contributed by atoms with van der Waals surface area (Å²) in [7, 11) is 0. The van der Waals surface area contributed by atoms with Crippen molar-refractivity contribution in [2.75, 3.05) is 31.1 Å². The first-order valence-corrected chi connectivity index (χ1v) is 11.7. The predicted octanol–water partition coefficient (Wildman–Crippen LogP) is 2.15. The van der Waals surface area contributed by atoms with E-state index in [1.165, 1.54) is 12.5 Å². The second kappa shape index (κ2) is 10.1. The number of aryl methyl sites for hydroxylation is 2. The lowest BCUT2D eigenvalue weighted by Crippen LogP contribution is -2.38. The van der Waals surface area contributed by atoms with E-state index >= 15 is 0 Å². The molecule has 33 heavy (non-hydrogen) atoms. The molecule has 1 fully saturated rings. The van der Waals surface area contributed by atoms with E-state index in [0.717, 1.165) is 36.3 Å². The third kappa shape index (κ3) is 5.38. The quantitative estimate of drug-likeness (QED) is 0.699. The van der Waals surface area contributed by atoms with E-state index in [1.807, 2.05) is 30.0 Å². The van der Waals surface area contributed by atoms with Crippen molar-refractivity contribution in [3.63, 3.8) is 0 Å². The van der Waals surface area contributed by atoms with Crippen LogP contribution in [0.4, 0.5) is 5.82 Å². The maximum Gasteiger partial charge on any atom is 0.241 e. The first-order chi connectivity index (χ1) is 15.9. The van der Waals surface area contributed by atoms with Gasteiger partial charge in [-0.25, -0.2) is 9.97 Å². The SMILES string of the molecule is CC(=O)NCC(=O)N1CC[C@@H](c2nc(C)c3c(n2)N(CCCc2ccccc2)C(=O)CC3)C1. The zero-order valence-corrected chi connectivity index (χ0v) is 19.3. The Bertz CT molecular complexity index is 1040. The van der Waals surface area contributed by atoms with Gasteiger partial charge in [0, 0.05) is 50.2 Å². The molecule has 174 valence electrons. The Labute approximate surface area is 194 Å². The summed E-state index contributed by atoms with van der Waals surface area (Å²) in [6.45, 7) is 5.16. The topological polar surface area (TPSA) is 95.5 Å². The normalized spacial score (nSPS) is 17.8. The molecule has 1 aromatic carbocycles. The van der Waals surface area contributed by atoms with Crippen LogP contribution in [0.3, 0.4) is 0 Å². The summed E-state index contributed by atoms with van der Waals surface area (Å²) in [6, 6.07) is 10.3. The molecule has 4 rings (SSSR count). The Morgan fingerprint density at radius 1 is 1.15 bits per heavy atom. The Morgan fingerprint density at radius 2 is 1.94 bits per heavy atom. The van der Waals surface area contributed by atoms with Crippen LogP contribution in [-0.4, -0.2) is 58.8 Å². The number of aromatic nitrogens is 2. The fourth-order valence-corrected chi connectivity index (χ4v) is 4.61. The molecule has 1 N–H and O–H groups in total. The molecular formula is C25H31N5O3. The van der Waals surface area contributed by atoms with Gasteiger partial charge >= 0.3 is 0 Å². The largest absolute Gasteiger partial charge is 0.347 e. The standard InChI is InChI=1S/C25H31N5O3/c1-17-21-10-11-22(32)30(13-6-9-19-7-4-3-5-8-19)25(21)28-24(27-17)20-12-14-29(16-20)23(33)15-26-18(2)31/h3-5,7-8,20H,6,9-16H2,1-2H3,(H,26,31)/t20-/m1/s1. The minimum atomic E-state index is -0.218.